The van der Waals surface area contributed by atoms with Crippen LogP contribution in [0.15, 0.2) is 12.2 Å². The molecule has 0 radical (unpaired) electrons. The maximum atomic E-state index is 9.60. The number of carboxylic acids is 1. The number of isocyanates is 1. The average Bonchev–Trinajstić information content (AvgIpc) is 1.68. The Labute approximate surface area is 63.1 Å². The predicted octanol–water partition coefficient (Wildman–Crippen LogP) is -0.904. The fourth-order valence-corrected chi connectivity index (χ4v) is 0. The summed E-state index contributed by atoms with van der Waals surface area (Å²) < 4.78 is 0. The monoisotopic (exact) mass is 161 g/mol. The highest BCUT2D eigenvalue weighted by molar-refractivity contribution is 5.84. The second kappa shape index (κ2) is 10.7. The van der Waals surface area contributed by atoms with Gasteiger partial charge in [-0.2, -0.15) is 0 Å². The van der Waals surface area contributed by atoms with Crippen molar-refractivity contribution in [3.05, 3.63) is 12.2 Å². The molecular formula is C5H11NO3Si. The van der Waals surface area contributed by atoms with E-state index < -0.39 is 5.97 Å². The smallest absolute Gasteiger partial charge is 0.330 e. The Morgan fingerprint density at radius 1 is 1.70 bits per heavy atom. The van der Waals surface area contributed by atoms with E-state index in [4.69, 9.17) is 15.3 Å². The van der Waals surface area contributed by atoms with Crippen LogP contribution in [-0.4, -0.2) is 28.1 Å². The quantitative estimate of drug-likeness (QED) is 0.226. The van der Waals surface area contributed by atoms with Crippen LogP contribution in [0, 0.1) is 5.41 Å². The van der Waals surface area contributed by atoms with Crippen molar-refractivity contribution in [2.45, 2.75) is 6.92 Å². The van der Waals surface area contributed by atoms with Gasteiger partial charge < -0.3 is 5.11 Å². The van der Waals surface area contributed by atoms with Crippen LogP contribution in [0.25, 0.3) is 0 Å². The zero-order valence-electron chi connectivity index (χ0n) is 4.97. The van der Waals surface area contributed by atoms with Crippen molar-refractivity contribution >= 4 is 23.0 Å². The van der Waals surface area contributed by atoms with Gasteiger partial charge in [-0.1, -0.05) is 6.58 Å². The summed E-state index contributed by atoms with van der Waals surface area (Å²) >= 11 is 0. The van der Waals surface area contributed by atoms with Crippen LogP contribution in [0.4, 0.5) is 0 Å². The first kappa shape index (κ1) is 15.9. The van der Waals surface area contributed by atoms with Crippen molar-refractivity contribution in [3.63, 3.8) is 0 Å². The molecule has 5 heteroatoms. The number of carbonyl (C=O) groups is 1. The average molecular weight is 161 g/mol. The molecule has 0 spiro atoms. The number of hydrogen-bond acceptors (Lipinski definition) is 3. The third kappa shape index (κ3) is 29.1. The van der Waals surface area contributed by atoms with E-state index in [9.17, 15) is 4.79 Å². The maximum Gasteiger partial charge on any atom is 0.330 e. The normalized spacial score (nSPS) is 5.30. The van der Waals surface area contributed by atoms with Crippen LogP contribution >= 0.6 is 0 Å². The van der Waals surface area contributed by atoms with Crippen LogP contribution < -0.4 is 0 Å². The first-order valence-electron chi connectivity index (χ1n) is 1.99. The summed E-state index contributed by atoms with van der Waals surface area (Å²) in [4.78, 5) is 17.9. The molecule has 0 heterocycles. The van der Waals surface area contributed by atoms with Gasteiger partial charge in [0.05, 0.1) is 0 Å². The molecular weight excluding hydrogens is 150 g/mol. The summed E-state index contributed by atoms with van der Waals surface area (Å²) in [6.07, 6.45) is 0.750. The Morgan fingerprint density at radius 2 is 1.80 bits per heavy atom. The predicted molar refractivity (Wildman–Crippen MR) is 42.2 cm³/mol. The van der Waals surface area contributed by atoms with Crippen LogP contribution in [0.1, 0.15) is 6.92 Å². The molecule has 0 fully saturated rings. The molecule has 0 aromatic carbocycles. The molecule has 4 nitrogen and oxygen atoms in total. The molecule has 0 amide bonds. The minimum Gasteiger partial charge on any atom is -0.478 e. The first-order valence-corrected chi connectivity index (χ1v) is 1.99. The third-order valence-electron chi connectivity index (χ3n) is 0.365. The van der Waals surface area contributed by atoms with Gasteiger partial charge in [-0.25, -0.2) is 15.0 Å². The van der Waals surface area contributed by atoms with E-state index in [-0.39, 0.29) is 16.5 Å². The van der Waals surface area contributed by atoms with E-state index in [1.54, 1.807) is 0 Å². The van der Waals surface area contributed by atoms with E-state index in [1.807, 2.05) is 0 Å². The van der Waals surface area contributed by atoms with Crippen molar-refractivity contribution in [2.24, 2.45) is 0 Å². The minimum atomic E-state index is -0.935. The molecule has 0 rings (SSSR count). The van der Waals surface area contributed by atoms with Crippen LogP contribution in [0.3, 0.4) is 0 Å². The molecule has 0 aromatic rings. The van der Waals surface area contributed by atoms with Gasteiger partial charge in [0.1, 0.15) is 0 Å². The second-order valence-electron chi connectivity index (χ2n) is 1.19. The molecule has 0 aliphatic rings. The fraction of sp³-hybridized carbons (Fsp3) is 0.200. The largest absolute Gasteiger partial charge is 0.478 e. The van der Waals surface area contributed by atoms with Gasteiger partial charge in [0.2, 0.25) is 6.08 Å². The third-order valence-corrected chi connectivity index (χ3v) is 0.365. The number of carbonyl (C=O) groups excluding carboxylic acids is 1. The highest BCUT2D eigenvalue weighted by atomic mass is 28.1. The molecule has 0 saturated heterocycles. The summed E-state index contributed by atoms with van der Waals surface area (Å²) in [5.74, 6) is -0.935. The number of rotatable bonds is 1. The van der Waals surface area contributed by atoms with Crippen molar-refractivity contribution in [1.82, 2.24) is 0 Å². The number of carboxylic acid groups (broad SMARTS) is 1. The van der Waals surface area contributed by atoms with Gasteiger partial charge in [0, 0.05) is 5.57 Å². The Bertz CT molecular complexity index is 137. The molecule has 2 N–H and O–H groups in total. The van der Waals surface area contributed by atoms with Crippen molar-refractivity contribution in [3.8, 4) is 0 Å². The van der Waals surface area contributed by atoms with E-state index in [0.717, 1.165) is 6.08 Å². The van der Waals surface area contributed by atoms with Crippen molar-refractivity contribution < 1.29 is 14.7 Å². The fourth-order valence-electron chi connectivity index (χ4n) is 0. The van der Waals surface area contributed by atoms with E-state index in [1.165, 1.54) is 6.92 Å². The van der Waals surface area contributed by atoms with Gasteiger partial charge in [-0.15, -0.1) is 0 Å². The highest BCUT2D eigenvalue weighted by Gasteiger charge is 1.90. The summed E-state index contributed by atoms with van der Waals surface area (Å²) in [6, 6.07) is 0. The lowest BCUT2D eigenvalue weighted by atomic mass is 10.4. The summed E-state index contributed by atoms with van der Waals surface area (Å²) in [5, 5.41) is 13.3. The van der Waals surface area contributed by atoms with Crippen LogP contribution in [0.5, 0.6) is 0 Å². The molecule has 0 aromatic heterocycles. The zero-order valence-corrected chi connectivity index (χ0v) is 4.97. The molecule has 0 aliphatic carbocycles. The number of hydrogen-bond donors (Lipinski definition) is 2. The summed E-state index contributed by atoms with van der Waals surface area (Å²) in [5.41, 5.74) is 0.176. The summed E-state index contributed by atoms with van der Waals surface area (Å²) in [6.45, 7) is 4.60. The van der Waals surface area contributed by atoms with Gasteiger partial charge >= 0.3 is 5.97 Å². The SMILES string of the molecule is C=C(C)C(=O)O.N=C=O.[SiH4]. The summed E-state index contributed by atoms with van der Waals surface area (Å²) in [7, 11) is 0. The van der Waals surface area contributed by atoms with Crippen LogP contribution in [0.2, 0.25) is 0 Å². The van der Waals surface area contributed by atoms with E-state index >= 15 is 0 Å². The lowest BCUT2D eigenvalue weighted by Gasteiger charge is -1.79. The Balaban J connectivity index is -0.000000107. The van der Waals surface area contributed by atoms with Gasteiger partial charge in [0.25, 0.3) is 0 Å². The van der Waals surface area contributed by atoms with Gasteiger partial charge in [-0.05, 0) is 17.9 Å². The lowest BCUT2D eigenvalue weighted by molar-refractivity contribution is -0.132. The second-order valence-corrected chi connectivity index (χ2v) is 1.19. The zero-order chi connectivity index (χ0) is 7.86. The van der Waals surface area contributed by atoms with Crippen LogP contribution in [-0.2, 0) is 9.59 Å². The minimum absolute atomic E-state index is 0. The topological polar surface area (TPSA) is 78.2 Å². The molecule has 10 heavy (non-hydrogen) atoms. The maximum absolute atomic E-state index is 9.60. The standard InChI is InChI=1S/C4H6O2.CHNO.H4Si/c1-3(2)4(5)6;2-1-3;/h1H2,2H3,(H,5,6);2H;1H4. The van der Waals surface area contributed by atoms with Crippen molar-refractivity contribution in [1.29, 1.82) is 5.41 Å². The Morgan fingerprint density at radius 3 is 1.80 bits per heavy atom. The molecule has 0 atom stereocenters. The molecule has 0 aliphatic heterocycles. The molecule has 0 bridgehead atoms. The van der Waals surface area contributed by atoms with Crippen molar-refractivity contribution in [2.75, 3.05) is 0 Å². The van der Waals surface area contributed by atoms with Gasteiger partial charge in [-0.3, -0.25) is 0 Å². The Kier molecular flexibility index (Phi) is 17.1. The molecule has 0 saturated carbocycles. The lowest BCUT2D eigenvalue weighted by Crippen LogP contribution is -1.92. The Hall–Kier alpha value is -1.19. The number of aliphatic carboxylic acids is 1. The first-order chi connectivity index (χ1) is 4.06. The van der Waals surface area contributed by atoms with E-state index in [0.29, 0.717) is 0 Å². The highest BCUT2D eigenvalue weighted by Crippen LogP contribution is 1.81. The molecule has 0 unspecified atom stereocenters. The van der Waals surface area contributed by atoms with Gasteiger partial charge in [0.15, 0.2) is 0 Å². The van der Waals surface area contributed by atoms with E-state index in [2.05, 4.69) is 6.58 Å². The number of nitrogens with one attached hydrogen (secondary N) is 1. The molecule has 58 valence electrons.